The van der Waals surface area contributed by atoms with Gasteiger partial charge in [-0.3, -0.25) is 0 Å². The van der Waals surface area contributed by atoms with Gasteiger partial charge >= 0.3 is 0 Å². The monoisotopic (exact) mass is 467 g/mol. The van der Waals surface area contributed by atoms with Crippen LogP contribution in [0.1, 0.15) is 18.9 Å². The maximum absolute atomic E-state index is 13.9. The fourth-order valence-corrected chi connectivity index (χ4v) is 5.46. The van der Waals surface area contributed by atoms with Crippen molar-refractivity contribution in [1.29, 1.82) is 0 Å². The van der Waals surface area contributed by atoms with Gasteiger partial charge in [0.25, 0.3) is 16.4 Å². The minimum absolute atomic E-state index is 0.00519. The zero-order chi connectivity index (χ0) is 23.0. The molecule has 0 N–H and O–H groups in total. The molecule has 0 atom stereocenters. The highest BCUT2D eigenvalue weighted by Gasteiger charge is 2.27. The van der Waals surface area contributed by atoms with E-state index in [9.17, 15) is 21.6 Å². The molecule has 1 saturated heterocycles. The van der Waals surface area contributed by atoms with E-state index in [0.717, 1.165) is 41.9 Å². The Labute approximate surface area is 184 Å². The number of rotatable bonds is 6. The molecule has 0 bridgehead atoms. The van der Waals surface area contributed by atoms with Gasteiger partial charge in [0.1, 0.15) is 11.6 Å². The molecule has 1 aliphatic heterocycles. The van der Waals surface area contributed by atoms with Crippen LogP contribution in [0.25, 0.3) is 10.9 Å². The van der Waals surface area contributed by atoms with Crippen molar-refractivity contribution in [2.45, 2.75) is 18.2 Å². The Balaban J connectivity index is 1.81. The first-order valence-corrected chi connectivity index (χ1v) is 11.7. The first-order chi connectivity index (χ1) is 15.3. The SMILES string of the molecule is CCN1CCN(c2cc(S(=O)(=O)n3cc(C(F)F)c4ccc(F)cc43)ccc2OC)CC1. The van der Waals surface area contributed by atoms with Gasteiger partial charge in [0.15, 0.2) is 0 Å². The molecule has 2 aromatic carbocycles. The molecule has 0 aliphatic carbocycles. The molecular weight excluding hydrogens is 443 g/mol. The van der Waals surface area contributed by atoms with Crippen LogP contribution in [0.15, 0.2) is 47.5 Å². The summed E-state index contributed by atoms with van der Waals surface area (Å²) < 4.78 is 74.0. The highest BCUT2D eigenvalue weighted by molar-refractivity contribution is 7.90. The molecule has 1 fully saturated rings. The molecule has 172 valence electrons. The minimum atomic E-state index is -4.27. The smallest absolute Gasteiger partial charge is 0.268 e. The minimum Gasteiger partial charge on any atom is -0.495 e. The van der Waals surface area contributed by atoms with Crippen LogP contribution in [0.4, 0.5) is 18.9 Å². The predicted molar refractivity (Wildman–Crippen MR) is 117 cm³/mol. The largest absolute Gasteiger partial charge is 0.495 e. The third kappa shape index (κ3) is 3.93. The number of methoxy groups -OCH3 is 1. The van der Waals surface area contributed by atoms with E-state index in [2.05, 4.69) is 11.8 Å². The molecular formula is C22H24F3N3O3S. The van der Waals surface area contributed by atoms with Crippen molar-refractivity contribution in [2.24, 2.45) is 0 Å². The molecule has 0 saturated carbocycles. The average molecular weight is 468 g/mol. The fourth-order valence-electron chi connectivity index (χ4n) is 4.07. The van der Waals surface area contributed by atoms with Crippen LogP contribution >= 0.6 is 0 Å². The predicted octanol–water partition coefficient (Wildman–Crippen LogP) is 4.11. The van der Waals surface area contributed by atoms with Gasteiger partial charge in [0.05, 0.1) is 23.2 Å². The lowest BCUT2D eigenvalue weighted by atomic mass is 10.2. The van der Waals surface area contributed by atoms with Crippen molar-refractivity contribution in [3.05, 3.63) is 54.0 Å². The molecule has 1 aliphatic rings. The van der Waals surface area contributed by atoms with E-state index < -0.39 is 27.8 Å². The number of nitrogens with zero attached hydrogens (tertiary/aromatic N) is 3. The lowest BCUT2D eigenvalue weighted by Gasteiger charge is -2.36. The lowest BCUT2D eigenvalue weighted by Crippen LogP contribution is -2.46. The summed E-state index contributed by atoms with van der Waals surface area (Å²) in [5, 5.41) is -0.00519. The number of halogens is 3. The molecule has 0 spiro atoms. The highest BCUT2D eigenvalue weighted by Crippen LogP contribution is 2.35. The maximum Gasteiger partial charge on any atom is 0.268 e. The van der Waals surface area contributed by atoms with Crippen LogP contribution in [0.5, 0.6) is 5.75 Å². The Hall–Kier alpha value is -2.72. The number of likely N-dealkylation sites (N-methyl/N-ethyl adjacent to an activating group) is 1. The van der Waals surface area contributed by atoms with Crippen LogP contribution in [-0.4, -0.2) is 57.1 Å². The van der Waals surface area contributed by atoms with E-state index in [0.29, 0.717) is 24.5 Å². The summed E-state index contributed by atoms with van der Waals surface area (Å²) in [5.41, 5.74) is 0.0169. The van der Waals surface area contributed by atoms with Crippen LogP contribution in [-0.2, 0) is 10.0 Å². The molecule has 6 nitrogen and oxygen atoms in total. The van der Waals surface area contributed by atoms with Gasteiger partial charge in [-0.15, -0.1) is 0 Å². The summed E-state index contributed by atoms with van der Waals surface area (Å²) in [6.45, 7) is 6.07. The van der Waals surface area contributed by atoms with E-state index in [4.69, 9.17) is 4.74 Å². The Bertz CT molecular complexity index is 1240. The first kappa shape index (κ1) is 22.5. The quantitative estimate of drug-likeness (QED) is 0.546. The van der Waals surface area contributed by atoms with Crippen molar-refractivity contribution in [1.82, 2.24) is 8.87 Å². The molecule has 10 heteroatoms. The van der Waals surface area contributed by atoms with Gasteiger partial charge in [0.2, 0.25) is 0 Å². The van der Waals surface area contributed by atoms with Gasteiger partial charge in [-0.05, 0) is 42.9 Å². The Morgan fingerprint density at radius 2 is 1.78 bits per heavy atom. The number of aromatic nitrogens is 1. The average Bonchev–Trinajstić information content (AvgIpc) is 3.18. The zero-order valence-corrected chi connectivity index (χ0v) is 18.6. The second kappa shape index (κ2) is 8.67. The van der Waals surface area contributed by atoms with Crippen molar-refractivity contribution in [3.63, 3.8) is 0 Å². The summed E-state index contributed by atoms with van der Waals surface area (Å²) in [6, 6.07) is 7.56. The third-order valence-corrected chi connectivity index (χ3v) is 7.54. The number of alkyl halides is 2. The number of piperazine rings is 1. The van der Waals surface area contributed by atoms with Gasteiger partial charge in [0, 0.05) is 43.3 Å². The number of anilines is 1. The van der Waals surface area contributed by atoms with Gasteiger partial charge in [-0.2, -0.15) is 0 Å². The second-order valence-corrected chi connectivity index (χ2v) is 9.42. The Morgan fingerprint density at radius 3 is 2.41 bits per heavy atom. The van der Waals surface area contributed by atoms with E-state index in [1.165, 1.54) is 25.3 Å². The summed E-state index contributed by atoms with van der Waals surface area (Å²) in [7, 11) is -2.77. The van der Waals surface area contributed by atoms with Crippen molar-refractivity contribution < 1.29 is 26.3 Å². The fraction of sp³-hybridized carbons (Fsp3) is 0.364. The maximum atomic E-state index is 13.9. The summed E-state index contributed by atoms with van der Waals surface area (Å²) in [5.74, 6) is -0.192. The summed E-state index contributed by atoms with van der Waals surface area (Å²) >= 11 is 0. The molecule has 0 amide bonds. The number of fused-ring (bicyclic) bond motifs is 1. The van der Waals surface area contributed by atoms with Crippen LogP contribution in [0.3, 0.4) is 0 Å². The van der Waals surface area contributed by atoms with E-state index in [1.807, 2.05) is 4.90 Å². The second-order valence-electron chi connectivity index (χ2n) is 7.60. The molecule has 1 aromatic heterocycles. The van der Waals surface area contributed by atoms with Crippen molar-refractivity contribution in [3.8, 4) is 5.75 Å². The molecule has 0 radical (unpaired) electrons. The Kier molecular flexibility index (Phi) is 6.09. The topological polar surface area (TPSA) is 54.8 Å². The van der Waals surface area contributed by atoms with Gasteiger partial charge < -0.3 is 14.5 Å². The summed E-state index contributed by atoms with van der Waals surface area (Å²) in [6.07, 6.45) is -2.03. The van der Waals surface area contributed by atoms with Crippen molar-refractivity contribution >= 4 is 26.6 Å². The molecule has 2 heterocycles. The molecule has 4 rings (SSSR count). The van der Waals surface area contributed by atoms with E-state index in [-0.39, 0.29) is 15.8 Å². The molecule has 0 unspecified atom stereocenters. The van der Waals surface area contributed by atoms with Crippen LogP contribution < -0.4 is 9.64 Å². The van der Waals surface area contributed by atoms with Gasteiger partial charge in [-0.25, -0.2) is 25.6 Å². The van der Waals surface area contributed by atoms with E-state index in [1.54, 1.807) is 6.07 Å². The summed E-state index contributed by atoms with van der Waals surface area (Å²) in [4.78, 5) is 4.24. The third-order valence-electron chi connectivity index (χ3n) is 5.87. The standard InChI is InChI=1S/C22H24F3N3O3S/c1-3-26-8-10-27(11-9-26)20-13-16(5-7-21(20)31-2)32(29,30)28-14-18(22(24)25)17-6-4-15(23)12-19(17)28/h4-7,12-14,22H,3,8-11H2,1-2H3. The first-order valence-electron chi connectivity index (χ1n) is 10.3. The Morgan fingerprint density at radius 1 is 1.06 bits per heavy atom. The zero-order valence-electron chi connectivity index (χ0n) is 17.8. The number of ether oxygens (including phenoxy) is 1. The highest BCUT2D eigenvalue weighted by atomic mass is 32.2. The van der Waals surface area contributed by atoms with Gasteiger partial charge in [-0.1, -0.05) is 6.92 Å². The normalized spacial score (nSPS) is 15.6. The number of benzene rings is 2. The van der Waals surface area contributed by atoms with Crippen LogP contribution in [0.2, 0.25) is 0 Å². The van der Waals surface area contributed by atoms with Crippen molar-refractivity contribution in [2.75, 3.05) is 44.7 Å². The van der Waals surface area contributed by atoms with E-state index >= 15 is 0 Å². The molecule has 3 aromatic rings. The molecule has 32 heavy (non-hydrogen) atoms. The lowest BCUT2D eigenvalue weighted by molar-refractivity contribution is 0.153. The van der Waals surface area contributed by atoms with Crippen LogP contribution in [0, 0.1) is 5.82 Å². The number of hydrogen-bond donors (Lipinski definition) is 0. The number of hydrogen-bond acceptors (Lipinski definition) is 5.